The van der Waals surface area contributed by atoms with E-state index in [0.717, 1.165) is 12.2 Å². The number of rotatable bonds is 4. The average molecular weight is 126 g/mol. The Hall–Kier alpha value is -0.435. The molecule has 9 heavy (non-hydrogen) atoms. The smallest absolute Gasteiger partial charge is 0.112 e. The molecule has 0 spiro atoms. The Morgan fingerprint density at radius 3 is 2.78 bits per heavy atom. The summed E-state index contributed by atoms with van der Waals surface area (Å²) in [6.45, 7) is 7.43. The Labute approximate surface area is 57.9 Å². The molecular weight excluding hydrogens is 111 g/mol. The van der Waals surface area contributed by atoms with Gasteiger partial charge in [-0.3, -0.25) is 0 Å². The van der Waals surface area contributed by atoms with Crippen molar-refractivity contribution in [1.29, 1.82) is 0 Å². The van der Waals surface area contributed by atoms with Crippen molar-refractivity contribution in [3.8, 4) is 0 Å². The summed E-state index contributed by atoms with van der Waals surface area (Å²) < 4.78 is 0. The van der Waals surface area contributed by atoms with E-state index in [1.807, 2.05) is 0 Å². The van der Waals surface area contributed by atoms with Crippen LogP contribution in [0.25, 0.3) is 0 Å². The lowest BCUT2D eigenvalue weighted by atomic mass is 9.87. The van der Waals surface area contributed by atoms with E-state index >= 15 is 0 Å². The Bertz CT molecular complexity index is 91.1. The molecular formula is C6H15BN2. The first kappa shape index (κ1) is 8.56. The Balaban J connectivity index is 3.28. The topological polar surface area (TPSA) is 38.0 Å². The molecule has 2 nitrogen and oxygen atoms in total. The van der Waals surface area contributed by atoms with Crippen molar-refractivity contribution in [2.75, 3.05) is 13.1 Å². The van der Waals surface area contributed by atoms with Crippen LogP contribution in [-0.2, 0) is 0 Å². The van der Waals surface area contributed by atoms with Gasteiger partial charge in [-0.15, -0.1) is 0 Å². The van der Waals surface area contributed by atoms with E-state index in [-0.39, 0.29) is 0 Å². The van der Waals surface area contributed by atoms with E-state index in [2.05, 4.69) is 26.7 Å². The number of hydrogen-bond donors (Lipinski definition) is 2. The molecule has 0 aromatic carbocycles. The second-order valence-electron chi connectivity index (χ2n) is 2.40. The number of allylic oxidation sites excluding steroid dienone is 1. The molecule has 0 rings (SSSR count). The molecule has 52 valence electrons. The summed E-state index contributed by atoms with van der Waals surface area (Å²) in [5.41, 5.74) is 6.34. The predicted molar refractivity (Wildman–Crippen MR) is 44.2 cm³/mol. The fourth-order valence-corrected chi connectivity index (χ4v) is 0.437. The van der Waals surface area contributed by atoms with Crippen LogP contribution in [0, 0.1) is 0 Å². The molecule has 3 heteroatoms. The molecule has 0 fully saturated rings. The Morgan fingerprint density at radius 2 is 2.44 bits per heavy atom. The van der Waals surface area contributed by atoms with Gasteiger partial charge in [0.2, 0.25) is 0 Å². The van der Waals surface area contributed by atoms with Gasteiger partial charge in [0, 0.05) is 13.1 Å². The monoisotopic (exact) mass is 126 g/mol. The highest BCUT2D eigenvalue weighted by atomic mass is 14.9. The first-order chi connectivity index (χ1) is 4.18. The Morgan fingerprint density at radius 1 is 1.89 bits per heavy atom. The van der Waals surface area contributed by atoms with E-state index < -0.39 is 0 Å². The highest BCUT2D eigenvalue weighted by Crippen LogP contribution is 2.03. The minimum atomic E-state index is 0.511. The fraction of sp³-hybridized carbons (Fsp3) is 0.667. The summed E-state index contributed by atoms with van der Waals surface area (Å²) in [5.74, 6) is 0.511. The van der Waals surface area contributed by atoms with Gasteiger partial charge in [-0.1, -0.05) is 13.5 Å². The lowest BCUT2D eigenvalue weighted by Crippen LogP contribution is -2.22. The molecule has 0 aromatic rings. The number of nitrogens with one attached hydrogen (secondary N) is 1. The molecule has 0 bridgehead atoms. The van der Waals surface area contributed by atoms with Crippen molar-refractivity contribution in [2.24, 2.45) is 5.73 Å². The highest BCUT2D eigenvalue weighted by molar-refractivity contribution is 6.13. The van der Waals surface area contributed by atoms with Gasteiger partial charge in [0.1, 0.15) is 7.85 Å². The van der Waals surface area contributed by atoms with Crippen molar-refractivity contribution in [3.63, 3.8) is 0 Å². The van der Waals surface area contributed by atoms with Crippen LogP contribution in [0.2, 0.25) is 5.82 Å². The molecule has 0 aliphatic heterocycles. The quantitative estimate of drug-likeness (QED) is 0.498. The van der Waals surface area contributed by atoms with Crippen molar-refractivity contribution < 1.29 is 0 Å². The van der Waals surface area contributed by atoms with E-state index in [4.69, 9.17) is 5.73 Å². The molecule has 0 heterocycles. The summed E-state index contributed by atoms with van der Waals surface area (Å²) >= 11 is 0. The van der Waals surface area contributed by atoms with E-state index in [1.54, 1.807) is 0 Å². The van der Waals surface area contributed by atoms with Crippen LogP contribution < -0.4 is 11.1 Å². The molecule has 1 atom stereocenters. The van der Waals surface area contributed by atoms with Crippen molar-refractivity contribution in [3.05, 3.63) is 12.3 Å². The lowest BCUT2D eigenvalue weighted by molar-refractivity contribution is 0.768. The van der Waals surface area contributed by atoms with Crippen molar-refractivity contribution in [2.45, 2.75) is 12.7 Å². The van der Waals surface area contributed by atoms with Crippen LogP contribution in [0.4, 0.5) is 0 Å². The van der Waals surface area contributed by atoms with Crippen LogP contribution in [0.5, 0.6) is 0 Å². The molecule has 0 amide bonds. The third-order valence-electron chi connectivity index (χ3n) is 1.19. The van der Waals surface area contributed by atoms with Gasteiger partial charge in [0.25, 0.3) is 0 Å². The Kier molecular flexibility index (Phi) is 4.23. The van der Waals surface area contributed by atoms with Crippen molar-refractivity contribution in [1.82, 2.24) is 5.32 Å². The number of nitrogens with two attached hydrogens (primary N) is 1. The van der Waals surface area contributed by atoms with Crippen LogP contribution in [-0.4, -0.2) is 20.9 Å². The zero-order valence-corrected chi connectivity index (χ0v) is 6.28. The zero-order chi connectivity index (χ0) is 7.28. The van der Waals surface area contributed by atoms with Crippen LogP contribution in [0.3, 0.4) is 0 Å². The van der Waals surface area contributed by atoms with E-state index in [9.17, 15) is 0 Å². The van der Waals surface area contributed by atoms with Gasteiger partial charge in [0.05, 0.1) is 0 Å². The van der Waals surface area contributed by atoms with Crippen molar-refractivity contribution >= 4 is 7.85 Å². The van der Waals surface area contributed by atoms with Gasteiger partial charge >= 0.3 is 0 Å². The SMILES string of the molecule is BC(C)C(=C)NCCN. The van der Waals surface area contributed by atoms with Gasteiger partial charge in [-0.2, -0.15) is 0 Å². The molecule has 0 aliphatic rings. The molecule has 0 aliphatic carbocycles. The largest absolute Gasteiger partial charge is 0.388 e. The molecule has 0 saturated carbocycles. The average Bonchev–Trinajstić information content (AvgIpc) is 1.82. The molecule has 0 saturated heterocycles. The predicted octanol–water partition coefficient (Wildman–Crippen LogP) is -0.510. The van der Waals surface area contributed by atoms with Crippen LogP contribution in [0.1, 0.15) is 6.92 Å². The maximum Gasteiger partial charge on any atom is 0.112 e. The molecule has 1 unspecified atom stereocenters. The summed E-state index contributed by atoms with van der Waals surface area (Å²) in [7, 11) is 2.10. The summed E-state index contributed by atoms with van der Waals surface area (Å²) in [5, 5.41) is 3.11. The normalized spacial score (nSPS) is 12.7. The third kappa shape index (κ3) is 4.09. The standard InChI is InChI=1S/C6H15BN2/c1-5(7)6(2)9-4-3-8/h5,9H,2-4,7-8H2,1H3. The van der Waals surface area contributed by atoms with Gasteiger partial charge < -0.3 is 11.1 Å². The zero-order valence-electron chi connectivity index (χ0n) is 6.28. The minimum Gasteiger partial charge on any atom is -0.388 e. The van der Waals surface area contributed by atoms with Gasteiger partial charge in [-0.05, 0) is 11.5 Å². The third-order valence-corrected chi connectivity index (χ3v) is 1.19. The first-order valence-corrected chi connectivity index (χ1v) is 3.31. The second kappa shape index (κ2) is 4.44. The maximum atomic E-state index is 5.27. The van der Waals surface area contributed by atoms with Crippen LogP contribution >= 0.6 is 0 Å². The van der Waals surface area contributed by atoms with Gasteiger partial charge in [-0.25, -0.2) is 0 Å². The van der Waals surface area contributed by atoms with E-state index in [1.165, 1.54) is 0 Å². The molecule has 3 N–H and O–H groups in total. The van der Waals surface area contributed by atoms with Crippen LogP contribution in [0.15, 0.2) is 12.3 Å². The van der Waals surface area contributed by atoms with E-state index in [0.29, 0.717) is 12.4 Å². The fourth-order valence-electron chi connectivity index (χ4n) is 0.437. The highest BCUT2D eigenvalue weighted by Gasteiger charge is 1.95. The first-order valence-electron chi connectivity index (χ1n) is 3.31. The molecule has 0 radical (unpaired) electrons. The molecule has 0 aromatic heterocycles. The second-order valence-corrected chi connectivity index (χ2v) is 2.40. The number of hydrogen-bond acceptors (Lipinski definition) is 2. The lowest BCUT2D eigenvalue weighted by Gasteiger charge is -2.10. The summed E-state index contributed by atoms with van der Waals surface area (Å²) in [4.78, 5) is 0. The minimum absolute atomic E-state index is 0.511. The summed E-state index contributed by atoms with van der Waals surface area (Å²) in [6.07, 6.45) is 0. The maximum absolute atomic E-state index is 5.27. The van der Waals surface area contributed by atoms with Gasteiger partial charge in [0.15, 0.2) is 0 Å². The summed E-state index contributed by atoms with van der Waals surface area (Å²) in [6, 6.07) is 0.